The van der Waals surface area contributed by atoms with Crippen LogP contribution in [0.15, 0.2) is 12.1 Å². The van der Waals surface area contributed by atoms with Crippen LogP contribution in [0.4, 0.5) is 0 Å². The molecule has 20 heavy (non-hydrogen) atoms. The predicted octanol–water partition coefficient (Wildman–Crippen LogP) is 6.37. The fourth-order valence-electron chi connectivity index (χ4n) is 3.08. The Hall–Kier alpha value is -0.860. The highest BCUT2D eigenvalue weighted by Gasteiger charge is 2.16. The average molecular weight is 303 g/mol. The van der Waals surface area contributed by atoms with E-state index in [1.165, 1.54) is 20.5 Å². The van der Waals surface area contributed by atoms with Crippen molar-refractivity contribution in [3.63, 3.8) is 0 Å². The topological polar surface area (TPSA) is 0 Å². The highest BCUT2D eigenvalue weighted by Crippen LogP contribution is 2.42. The summed E-state index contributed by atoms with van der Waals surface area (Å²) in [5.41, 5.74) is 3.15. The van der Waals surface area contributed by atoms with Gasteiger partial charge >= 0.3 is 0 Å². The van der Waals surface area contributed by atoms with Crippen molar-refractivity contribution >= 4 is 42.8 Å². The second-order valence-electron chi connectivity index (χ2n) is 5.28. The van der Waals surface area contributed by atoms with Gasteiger partial charge in [-0.25, -0.2) is 0 Å². The summed E-state index contributed by atoms with van der Waals surface area (Å²) < 4.78 is 3.10. The molecule has 3 rings (SSSR count). The molecule has 0 aliphatic rings. The lowest BCUT2D eigenvalue weighted by Crippen LogP contribution is -1.88. The van der Waals surface area contributed by atoms with E-state index < -0.39 is 0 Å². The molecule has 2 heterocycles. The SMILES string of the molecule is CCc1cc2c(CC)c3sc(CC)cc3c(CC)c2s1. The van der Waals surface area contributed by atoms with Gasteiger partial charge in [0.1, 0.15) is 0 Å². The quantitative estimate of drug-likeness (QED) is 0.525. The summed E-state index contributed by atoms with van der Waals surface area (Å²) in [6.45, 7) is 9.13. The fourth-order valence-corrected chi connectivity index (χ4v) is 5.58. The molecule has 0 aliphatic carbocycles. The van der Waals surface area contributed by atoms with Gasteiger partial charge in [-0.2, -0.15) is 0 Å². The molecule has 0 amide bonds. The van der Waals surface area contributed by atoms with Gasteiger partial charge in [0.15, 0.2) is 0 Å². The summed E-state index contributed by atoms with van der Waals surface area (Å²) in [6.07, 6.45) is 4.58. The second-order valence-corrected chi connectivity index (χ2v) is 7.56. The standard InChI is InChI=1S/C18H22S2/c1-5-11-9-15-13(7-3)18-16(10-12(6-2)20-18)14(8-4)17(15)19-11/h9-10H,5-8H2,1-4H3. The van der Waals surface area contributed by atoms with Gasteiger partial charge in [-0.05, 0) is 59.7 Å². The molecular formula is C18H22S2. The van der Waals surface area contributed by atoms with E-state index in [0.717, 1.165) is 25.7 Å². The molecule has 0 saturated heterocycles. The number of hydrogen-bond acceptors (Lipinski definition) is 2. The van der Waals surface area contributed by atoms with E-state index in [4.69, 9.17) is 0 Å². The summed E-state index contributed by atoms with van der Waals surface area (Å²) >= 11 is 4.03. The molecule has 0 spiro atoms. The van der Waals surface area contributed by atoms with E-state index >= 15 is 0 Å². The maximum Gasteiger partial charge on any atom is 0.0387 e. The number of hydrogen-bond donors (Lipinski definition) is 0. The Kier molecular flexibility index (Phi) is 3.87. The second kappa shape index (κ2) is 5.50. The summed E-state index contributed by atoms with van der Waals surface area (Å²) in [5, 5.41) is 3.06. The van der Waals surface area contributed by atoms with E-state index in [1.807, 2.05) is 22.7 Å². The van der Waals surface area contributed by atoms with Gasteiger partial charge < -0.3 is 0 Å². The lowest BCUT2D eigenvalue weighted by atomic mass is 9.99. The smallest absolute Gasteiger partial charge is 0.0387 e. The lowest BCUT2D eigenvalue weighted by molar-refractivity contribution is 1.16. The van der Waals surface area contributed by atoms with E-state index in [0.29, 0.717) is 0 Å². The van der Waals surface area contributed by atoms with E-state index in [1.54, 1.807) is 20.5 Å². The van der Waals surface area contributed by atoms with Crippen LogP contribution < -0.4 is 0 Å². The highest BCUT2D eigenvalue weighted by molar-refractivity contribution is 7.21. The third-order valence-corrected chi connectivity index (χ3v) is 6.85. The molecule has 3 aromatic rings. The minimum absolute atomic E-state index is 1.14. The van der Waals surface area contributed by atoms with Gasteiger partial charge in [-0.3, -0.25) is 0 Å². The lowest BCUT2D eigenvalue weighted by Gasteiger charge is -2.08. The number of rotatable bonds is 4. The first-order valence-electron chi connectivity index (χ1n) is 7.71. The van der Waals surface area contributed by atoms with Crippen molar-refractivity contribution in [2.75, 3.05) is 0 Å². The Morgan fingerprint density at radius 1 is 0.650 bits per heavy atom. The van der Waals surface area contributed by atoms with Crippen molar-refractivity contribution < 1.29 is 0 Å². The van der Waals surface area contributed by atoms with Crippen LogP contribution in [0.1, 0.15) is 48.6 Å². The monoisotopic (exact) mass is 302 g/mol. The van der Waals surface area contributed by atoms with Gasteiger partial charge in [-0.1, -0.05) is 27.7 Å². The van der Waals surface area contributed by atoms with E-state index in [2.05, 4.69) is 39.8 Å². The molecule has 0 nitrogen and oxygen atoms in total. The Morgan fingerprint density at radius 3 is 1.35 bits per heavy atom. The zero-order chi connectivity index (χ0) is 14.3. The van der Waals surface area contributed by atoms with Gasteiger partial charge in [-0.15, -0.1) is 22.7 Å². The number of fused-ring (bicyclic) bond motifs is 2. The van der Waals surface area contributed by atoms with Gasteiger partial charge in [0.25, 0.3) is 0 Å². The number of aryl methyl sites for hydroxylation is 4. The largest absolute Gasteiger partial charge is 0.140 e. The molecule has 2 aromatic heterocycles. The van der Waals surface area contributed by atoms with Crippen LogP contribution in [0.5, 0.6) is 0 Å². The van der Waals surface area contributed by atoms with Crippen LogP contribution in [-0.2, 0) is 25.7 Å². The van der Waals surface area contributed by atoms with Crippen LogP contribution in [-0.4, -0.2) is 0 Å². The first-order valence-corrected chi connectivity index (χ1v) is 9.35. The van der Waals surface area contributed by atoms with Crippen LogP contribution in [0.2, 0.25) is 0 Å². The minimum Gasteiger partial charge on any atom is -0.140 e. The highest BCUT2D eigenvalue weighted by atomic mass is 32.1. The molecule has 106 valence electrons. The van der Waals surface area contributed by atoms with Crippen molar-refractivity contribution in [3.05, 3.63) is 33.0 Å². The van der Waals surface area contributed by atoms with E-state index in [-0.39, 0.29) is 0 Å². The maximum atomic E-state index is 2.45. The van der Waals surface area contributed by atoms with E-state index in [9.17, 15) is 0 Å². The Bertz CT molecular complexity index is 640. The zero-order valence-electron chi connectivity index (χ0n) is 12.8. The first kappa shape index (κ1) is 14.1. The molecule has 0 unspecified atom stereocenters. The maximum absolute atomic E-state index is 2.45. The number of thiophene rings is 2. The molecule has 0 N–H and O–H groups in total. The molecule has 0 atom stereocenters. The average Bonchev–Trinajstić information content (AvgIpc) is 3.07. The molecule has 0 radical (unpaired) electrons. The molecule has 0 fully saturated rings. The van der Waals surface area contributed by atoms with Crippen molar-refractivity contribution in [1.82, 2.24) is 0 Å². The molecule has 2 heteroatoms. The van der Waals surface area contributed by atoms with Crippen molar-refractivity contribution in [2.24, 2.45) is 0 Å². The zero-order valence-corrected chi connectivity index (χ0v) is 14.4. The third-order valence-electron chi connectivity index (χ3n) is 4.17. The van der Waals surface area contributed by atoms with Gasteiger partial charge in [0, 0.05) is 19.2 Å². The third kappa shape index (κ3) is 2.01. The van der Waals surface area contributed by atoms with Crippen LogP contribution in [0.3, 0.4) is 0 Å². The van der Waals surface area contributed by atoms with Crippen molar-refractivity contribution in [1.29, 1.82) is 0 Å². The summed E-state index contributed by atoms with van der Waals surface area (Å²) in [6, 6.07) is 4.89. The predicted molar refractivity (Wildman–Crippen MR) is 94.7 cm³/mol. The fraction of sp³-hybridized carbons (Fsp3) is 0.444. The van der Waals surface area contributed by atoms with Gasteiger partial charge in [0.2, 0.25) is 0 Å². The first-order chi connectivity index (χ1) is 9.73. The van der Waals surface area contributed by atoms with Crippen molar-refractivity contribution in [2.45, 2.75) is 53.4 Å². The summed E-state index contributed by atoms with van der Waals surface area (Å²) in [4.78, 5) is 3.05. The van der Waals surface area contributed by atoms with Crippen LogP contribution in [0, 0.1) is 0 Å². The molecule has 0 bridgehead atoms. The molecule has 0 aliphatic heterocycles. The molecule has 1 aromatic carbocycles. The molecule has 0 saturated carbocycles. The normalized spacial score (nSPS) is 11.8. The van der Waals surface area contributed by atoms with Crippen LogP contribution >= 0.6 is 22.7 Å². The van der Waals surface area contributed by atoms with Gasteiger partial charge in [0.05, 0.1) is 0 Å². The van der Waals surface area contributed by atoms with Crippen molar-refractivity contribution in [3.8, 4) is 0 Å². The minimum atomic E-state index is 1.14. The molecular weight excluding hydrogens is 280 g/mol. The Labute approximate surface area is 129 Å². The number of benzene rings is 1. The summed E-state index contributed by atoms with van der Waals surface area (Å²) in [5.74, 6) is 0. The van der Waals surface area contributed by atoms with Crippen LogP contribution in [0.25, 0.3) is 20.2 Å². The Morgan fingerprint density at radius 2 is 1.05 bits per heavy atom. The Balaban J connectivity index is 2.48. The summed E-state index contributed by atoms with van der Waals surface area (Å²) in [7, 11) is 0.